The molecule has 224 valence electrons. The number of ether oxygens (including phenoxy) is 4. The second kappa shape index (κ2) is 16.0. The highest BCUT2D eigenvalue weighted by molar-refractivity contribution is 5.68. The lowest BCUT2D eigenvalue weighted by Crippen LogP contribution is -2.54. The maximum atomic E-state index is 13.7. The van der Waals surface area contributed by atoms with Gasteiger partial charge < -0.3 is 29.0 Å². The third-order valence-electron chi connectivity index (χ3n) is 7.56. The van der Waals surface area contributed by atoms with Crippen LogP contribution >= 0.6 is 0 Å². The smallest absolute Gasteiger partial charge is 0.410 e. The van der Waals surface area contributed by atoms with E-state index in [4.69, 9.17) is 18.9 Å². The molecule has 0 unspecified atom stereocenters. The van der Waals surface area contributed by atoms with E-state index in [1.165, 1.54) is 0 Å². The van der Waals surface area contributed by atoms with Gasteiger partial charge in [-0.15, -0.1) is 0 Å². The van der Waals surface area contributed by atoms with E-state index in [1.54, 1.807) is 4.90 Å². The molecule has 0 saturated carbocycles. The fraction of sp³-hybridized carbons (Fsp3) is 0.306. The predicted octanol–water partition coefficient (Wildman–Crippen LogP) is 6.15. The topological polar surface area (TPSA) is 77.5 Å². The number of amides is 1. The van der Waals surface area contributed by atoms with E-state index in [1.807, 2.05) is 121 Å². The molecular formula is C36H39NO6. The van der Waals surface area contributed by atoms with E-state index >= 15 is 0 Å². The summed E-state index contributed by atoms with van der Waals surface area (Å²) in [5, 5.41) is 11.4. The summed E-state index contributed by atoms with van der Waals surface area (Å²) in [6, 6.07) is 38.6. The Morgan fingerprint density at radius 3 is 1.58 bits per heavy atom. The lowest BCUT2D eigenvalue weighted by molar-refractivity contribution is -0.149. The van der Waals surface area contributed by atoms with Crippen molar-refractivity contribution in [2.75, 3.05) is 13.2 Å². The molecule has 1 heterocycles. The Labute approximate surface area is 253 Å². The summed E-state index contributed by atoms with van der Waals surface area (Å²) in [5.41, 5.74) is 3.87. The average Bonchev–Trinajstić information content (AvgIpc) is 3.19. The number of aliphatic hydroxyl groups is 1. The van der Waals surface area contributed by atoms with Crippen molar-refractivity contribution in [2.45, 2.75) is 57.2 Å². The summed E-state index contributed by atoms with van der Waals surface area (Å²) >= 11 is 0. The number of hydrogen-bond donors (Lipinski definition) is 1. The van der Waals surface area contributed by atoms with Gasteiger partial charge in [0.1, 0.15) is 18.8 Å². The third-order valence-corrected chi connectivity index (χ3v) is 7.56. The van der Waals surface area contributed by atoms with Gasteiger partial charge in [-0.1, -0.05) is 121 Å². The fourth-order valence-corrected chi connectivity index (χ4v) is 5.25. The van der Waals surface area contributed by atoms with Crippen molar-refractivity contribution in [1.29, 1.82) is 0 Å². The number of hydrogen-bond acceptors (Lipinski definition) is 6. The van der Waals surface area contributed by atoms with E-state index < -0.39 is 30.4 Å². The first-order valence-electron chi connectivity index (χ1n) is 14.8. The standard InChI is InChI=1S/C36H39NO6/c38-33-21-22-37(36(39)43-26-31-19-11-4-12-20-31)32(27-40-23-28-13-5-1-6-14-28)34(41-24-29-15-7-2-8-16-29)35(33)42-25-30-17-9-3-10-18-30/h1-20,32-35,38H,21-27H2/t32-,33+,34+,35+/m0/s1. The highest BCUT2D eigenvalue weighted by Gasteiger charge is 2.44. The van der Waals surface area contributed by atoms with Gasteiger partial charge in [0.25, 0.3) is 0 Å². The molecule has 1 N–H and O–H groups in total. The minimum absolute atomic E-state index is 0.139. The molecule has 7 heteroatoms. The summed E-state index contributed by atoms with van der Waals surface area (Å²) in [5.74, 6) is 0. The van der Waals surface area contributed by atoms with Gasteiger partial charge in [0, 0.05) is 6.54 Å². The Balaban J connectivity index is 1.40. The van der Waals surface area contributed by atoms with Gasteiger partial charge in [0.2, 0.25) is 0 Å². The molecule has 43 heavy (non-hydrogen) atoms. The molecule has 1 aliphatic heterocycles. The highest BCUT2D eigenvalue weighted by Crippen LogP contribution is 2.27. The molecule has 0 spiro atoms. The van der Waals surface area contributed by atoms with Crippen LogP contribution in [0.3, 0.4) is 0 Å². The average molecular weight is 582 g/mol. The molecule has 1 saturated heterocycles. The molecule has 4 atom stereocenters. The summed E-state index contributed by atoms with van der Waals surface area (Å²) < 4.78 is 25.0. The van der Waals surface area contributed by atoms with Crippen LogP contribution in [0.1, 0.15) is 28.7 Å². The Kier molecular flexibility index (Phi) is 11.3. The Morgan fingerprint density at radius 2 is 1.07 bits per heavy atom. The lowest BCUT2D eigenvalue weighted by Gasteiger charge is -2.37. The third kappa shape index (κ3) is 8.99. The quantitative estimate of drug-likeness (QED) is 0.216. The second-order valence-corrected chi connectivity index (χ2v) is 10.7. The van der Waals surface area contributed by atoms with Crippen molar-refractivity contribution in [3.05, 3.63) is 144 Å². The molecule has 0 bridgehead atoms. The van der Waals surface area contributed by atoms with Crippen molar-refractivity contribution in [3.63, 3.8) is 0 Å². The molecule has 0 radical (unpaired) electrons. The van der Waals surface area contributed by atoms with Gasteiger partial charge in [-0.05, 0) is 28.7 Å². The van der Waals surface area contributed by atoms with Gasteiger partial charge in [0.05, 0.1) is 38.6 Å². The highest BCUT2D eigenvalue weighted by atomic mass is 16.6. The number of likely N-dealkylation sites (tertiary alicyclic amines) is 1. The first kappa shape index (κ1) is 30.4. The minimum atomic E-state index is -0.868. The van der Waals surface area contributed by atoms with Crippen LogP contribution in [0.5, 0.6) is 0 Å². The molecule has 7 nitrogen and oxygen atoms in total. The normalized spacial score (nSPS) is 20.3. The van der Waals surface area contributed by atoms with Crippen LogP contribution in [-0.2, 0) is 45.4 Å². The summed E-state index contributed by atoms with van der Waals surface area (Å²) in [6.45, 7) is 1.53. The monoisotopic (exact) mass is 581 g/mol. The van der Waals surface area contributed by atoms with Crippen molar-refractivity contribution in [3.8, 4) is 0 Å². The van der Waals surface area contributed by atoms with Crippen LogP contribution in [0.4, 0.5) is 4.79 Å². The molecule has 4 aromatic carbocycles. The van der Waals surface area contributed by atoms with E-state index in [9.17, 15) is 9.90 Å². The molecule has 5 rings (SSSR count). The zero-order chi connectivity index (χ0) is 29.7. The zero-order valence-electron chi connectivity index (χ0n) is 24.2. The van der Waals surface area contributed by atoms with E-state index in [-0.39, 0.29) is 26.4 Å². The van der Waals surface area contributed by atoms with Crippen molar-refractivity contribution < 1.29 is 28.8 Å². The maximum Gasteiger partial charge on any atom is 0.410 e. The Bertz CT molecular complexity index is 1360. The maximum absolute atomic E-state index is 13.7. The number of nitrogens with zero attached hydrogens (tertiary/aromatic N) is 1. The first-order valence-corrected chi connectivity index (χ1v) is 14.8. The molecule has 0 aliphatic carbocycles. The number of rotatable bonds is 12. The molecule has 4 aromatic rings. The van der Waals surface area contributed by atoms with E-state index in [2.05, 4.69) is 0 Å². The zero-order valence-corrected chi connectivity index (χ0v) is 24.2. The van der Waals surface area contributed by atoms with Crippen molar-refractivity contribution in [1.82, 2.24) is 4.90 Å². The number of carbonyl (C=O) groups excluding carboxylic acids is 1. The van der Waals surface area contributed by atoms with Crippen LogP contribution in [0, 0.1) is 0 Å². The number of carbonyl (C=O) groups is 1. The van der Waals surface area contributed by atoms with Gasteiger partial charge in [-0.3, -0.25) is 0 Å². The largest absolute Gasteiger partial charge is 0.445 e. The molecule has 1 aliphatic rings. The lowest BCUT2D eigenvalue weighted by atomic mass is 10.0. The number of aliphatic hydroxyl groups excluding tert-OH is 1. The molecule has 1 fully saturated rings. The van der Waals surface area contributed by atoms with Crippen LogP contribution in [-0.4, -0.2) is 53.6 Å². The van der Waals surface area contributed by atoms with Crippen molar-refractivity contribution in [2.24, 2.45) is 0 Å². The van der Waals surface area contributed by atoms with E-state index in [0.717, 1.165) is 22.3 Å². The van der Waals surface area contributed by atoms with Gasteiger partial charge >= 0.3 is 6.09 Å². The Morgan fingerprint density at radius 1 is 0.628 bits per heavy atom. The summed E-state index contributed by atoms with van der Waals surface area (Å²) in [7, 11) is 0. The van der Waals surface area contributed by atoms with Crippen LogP contribution in [0.25, 0.3) is 0 Å². The molecule has 0 aromatic heterocycles. The predicted molar refractivity (Wildman–Crippen MR) is 164 cm³/mol. The second-order valence-electron chi connectivity index (χ2n) is 10.7. The SMILES string of the molecule is O=C(OCc1ccccc1)N1CC[C@@H](O)[C@@H](OCc2ccccc2)[C@H](OCc2ccccc2)[C@@H]1COCc1ccccc1. The number of benzene rings is 4. The Hall–Kier alpha value is -4.01. The van der Waals surface area contributed by atoms with Crippen LogP contribution in [0.15, 0.2) is 121 Å². The summed E-state index contributed by atoms with van der Waals surface area (Å²) in [6.07, 6.45) is -2.45. The molecule has 1 amide bonds. The van der Waals surface area contributed by atoms with Crippen LogP contribution in [0.2, 0.25) is 0 Å². The van der Waals surface area contributed by atoms with Gasteiger partial charge in [-0.25, -0.2) is 4.79 Å². The van der Waals surface area contributed by atoms with Gasteiger partial charge in [-0.2, -0.15) is 0 Å². The van der Waals surface area contributed by atoms with Crippen LogP contribution < -0.4 is 0 Å². The molecular weight excluding hydrogens is 542 g/mol. The minimum Gasteiger partial charge on any atom is -0.445 e. The van der Waals surface area contributed by atoms with E-state index in [0.29, 0.717) is 19.6 Å². The van der Waals surface area contributed by atoms with Crippen molar-refractivity contribution >= 4 is 6.09 Å². The summed E-state index contributed by atoms with van der Waals surface area (Å²) in [4.78, 5) is 15.3. The first-order chi connectivity index (χ1) is 21.2. The van der Waals surface area contributed by atoms with Gasteiger partial charge in [0.15, 0.2) is 0 Å². The fourth-order valence-electron chi connectivity index (χ4n) is 5.25.